The molecule has 0 bridgehead atoms. The minimum Gasteiger partial charge on any atom is -0.459 e. The number of carbonyl (C=O) groups excluding carboxylic acids is 2. The molecular formula is C21H38O4. The van der Waals surface area contributed by atoms with Crippen LogP contribution < -0.4 is 0 Å². The van der Waals surface area contributed by atoms with Crippen LogP contribution in [0, 0.1) is 17.3 Å². The lowest BCUT2D eigenvalue weighted by atomic mass is 9.66. The molecule has 2 unspecified atom stereocenters. The molecule has 0 spiro atoms. The highest BCUT2D eigenvalue weighted by Crippen LogP contribution is 2.42. The molecule has 1 aliphatic rings. The summed E-state index contributed by atoms with van der Waals surface area (Å²) in [6, 6.07) is 0. The Hall–Kier alpha value is -0.900. The molecule has 0 heterocycles. The largest absolute Gasteiger partial charge is 0.459 e. The lowest BCUT2D eigenvalue weighted by Gasteiger charge is -2.41. The molecule has 2 atom stereocenters. The maximum atomic E-state index is 13.1. The molecule has 0 amide bonds. The van der Waals surface area contributed by atoms with Crippen molar-refractivity contribution in [2.45, 2.75) is 98.0 Å². The Morgan fingerprint density at radius 3 is 2.20 bits per heavy atom. The zero-order chi connectivity index (χ0) is 19.1. The maximum Gasteiger partial charge on any atom is 0.322 e. The monoisotopic (exact) mass is 354 g/mol. The fraction of sp³-hybridized carbons (Fsp3) is 0.905. The van der Waals surface area contributed by atoms with E-state index in [0.717, 1.165) is 57.8 Å². The summed E-state index contributed by atoms with van der Waals surface area (Å²) in [6.45, 7) is 9.12. The summed E-state index contributed by atoms with van der Waals surface area (Å²) >= 11 is 0. The molecule has 0 aliphatic heterocycles. The van der Waals surface area contributed by atoms with Crippen LogP contribution in [0.2, 0.25) is 0 Å². The van der Waals surface area contributed by atoms with Crippen molar-refractivity contribution in [3.8, 4) is 0 Å². The molecule has 0 radical (unpaired) electrons. The van der Waals surface area contributed by atoms with Crippen LogP contribution in [-0.2, 0) is 14.3 Å². The van der Waals surface area contributed by atoms with Gasteiger partial charge < -0.3 is 9.84 Å². The zero-order valence-electron chi connectivity index (χ0n) is 16.9. The van der Waals surface area contributed by atoms with E-state index in [2.05, 4.69) is 13.8 Å². The van der Waals surface area contributed by atoms with Gasteiger partial charge in [0.25, 0.3) is 0 Å². The number of aliphatic hydroxyl groups is 1. The summed E-state index contributed by atoms with van der Waals surface area (Å²) in [4.78, 5) is 25.6. The Morgan fingerprint density at radius 1 is 1.16 bits per heavy atom. The Morgan fingerprint density at radius 2 is 1.76 bits per heavy atom. The molecule has 1 fully saturated rings. The van der Waals surface area contributed by atoms with Gasteiger partial charge in [-0.15, -0.1) is 0 Å². The molecule has 0 aromatic rings. The number of unbranched alkanes of at least 4 members (excludes halogenated alkanes) is 1. The lowest BCUT2D eigenvalue weighted by molar-refractivity contribution is -0.184. The summed E-state index contributed by atoms with van der Waals surface area (Å²) < 4.78 is 5.94. The van der Waals surface area contributed by atoms with E-state index < -0.39 is 23.6 Å². The van der Waals surface area contributed by atoms with Gasteiger partial charge in [-0.1, -0.05) is 46.0 Å². The Labute approximate surface area is 153 Å². The van der Waals surface area contributed by atoms with Crippen molar-refractivity contribution in [1.29, 1.82) is 0 Å². The first-order chi connectivity index (χ1) is 11.8. The topological polar surface area (TPSA) is 63.6 Å². The molecule has 1 N–H and O–H groups in total. The third-order valence-electron chi connectivity index (χ3n) is 6.28. The van der Waals surface area contributed by atoms with E-state index in [-0.39, 0.29) is 17.6 Å². The number of ether oxygens (including phenoxy) is 1. The van der Waals surface area contributed by atoms with Crippen molar-refractivity contribution < 1.29 is 19.4 Å². The first-order valence-electron chi connectivity index (χ1n) is 10.1. The molecule has 0 aromatic carbocycles. The number of hydrogen-bond acceptors (Lipinski definition) is 4. The van der Waals surface area contributed by atoms with Crippen LogP contribution in [0.25, 0.3) is 0 Å². The number of rotatable bonds is 10. The Kier molecular flexibility index (Phi) is 8.59. The highest BCUT2D eigenvalue weighted by Gasteiger charge is 2.52. The second kappa shape index (κ2) is 9.70. The number of carbonyl (C=O) groups is 2. The highest BCUT2D eigenvalue weighted by atomic mass is 16.6. The van der Waals surface area contributed by atoms with Crippen LogP contribution in [0.5, 0.6) is 0 Å². The van der Waals surface area contributed by atoms with Gasteiger partial charge in [0.15, 0.2) is 5.41 Å². The van der Waals surface area contributed by atoms with Crippen LogP contribution in [0.15, 0.2) is 0 Å². The molecule has 4 nitrogen and oxygen atoms in total. The summed E-state index contributed by atoms with van der Waals surface area (Å²) in [6.07, 6.45) is 8.89. The number of Topliss-reactive ketones (excluding diaryl/α,β-unsaturated/α-hetero) is 1. The van der Waals surface area contributed by atoms with Crippen molar-refractivity contribution in [2.75, 3.05) is 6.61 Å². The van der Waals surface area contributed by atoms with E-state index >= 15 is 0 Å². The molecule has 1 rings (SSSR count). The standard InChI is InChI=1S/C21H38O4/c1-6-8-12-17(7-2)20(4,5)25-19(24)21(15-22,16(3)23)18-13-10-9-11-14-18/h17-18,22H,6-15H2,1-5H3. The van der Waals surface area contributed by atoms with Gasteiger partial charge in [0.05, 0.1) is 6.61 Å². The van der Waals surface area contributed by atoms with Crippen molar-refractivity contribution >= 4 is 11.8 Å². The average molecular weight is 355 g/mol. The van der Waals surface area contributed by atoms with Gasteiger partial charge >= 0.3 is 5.97 Å². The van der Waals surface area contributed by atoms with Crippen molar-refractivity contribution in [1.82, 2.24) is 0 Å². The van der Waals surface area contributed by atoms with E-state index in [4.69, 9.17) is 4.74 Å². The summed E-state index contributed by atoms with van der Waals surface area (Å²) in [7, 11) is 0. The quantitative estimate of drug-likeness (QED) is 0.457. The third-order valence-corrected chi connectivity index (χ3v) is 6.28. The van der Waals surface area contributed by atoms with E-state index in [1.165, 1.54) is 6.92 Å². The SMILES string of the molecule is CCCCC(CC)C(C)(C)OC(=O)C(CO)(C(C)=O)C1CCCCC1. The van der Waals surface area contributed by atoms with Crippen LogP contribution in [0.4, 0.5) is 0 Å². The fourth-order valence-electron chi connectivity index (χ4n) is 4.41. The van der Waals surface area contributed by atoms with Gasteiger partial charge in [-0.3, -0.25) is 9.59 Å². The van der Waals surface area contributed by atoms with Gasteiger partial charge in [-0.25, -0.2) is 0 Å². The fourth-order valence-corrected chi connectivity index (χ4v) is 4.41. The first-order valence-corrected chi connectivity index (χ1v) is 10.1. The number of hydrogen-bond donors (Lipinski definition) is 1. The molecular weight excluding hydrogens is 316 g/mol. The summed E-state index contributed by atoms with van der Waals surface area (Å²) in [5.74, 6) is -0.632. The molecule has 0 aromatic heterocycles. The second-order valence-electron chi connectivity index (χ2n) is 8.26. The molecule has 25 heavy (non-hydrogen) atoms. The van der Waals surface area contributed by atoms with Crippen molar-refractivity contribution in [2.24, 2.45) is 17.3 Å². The van der Waals surface area contributed by atoms with Gasteiger partial charge in [-0.05, 0) is 58.3 Å². The smallest absolute Gasteiger partial charge is 0.322 e. The molecule has 0 saturated heterocycles. The van der Waals surface area contributed by atoms with Crippen molar-refractivity contribution in [3.05, 3.63) is 0 Å². The minimum absolute atomic E-state index is 0.109. The number of ketones is 1. The molecule has 4 heteroatoms. The predicted octanol–water partition coefficient (Wildman–Crippen LogP) is 4.67. The Balaban J connectivity index is 3.02. The third kappa shape index (κ3) is 5.06. The van der Waals surface area contributed by atoms with Crippen LogP contribution in [0.1, 0.15) is 92.4 Å². The Bertz CT molecular complexity index is 437. The average Bonchev–Trinajstić information content (AvgIpc) is 2.56. The normalized spacial score (nSPS) is 19.9. The van der Waals surface area contributed by atoms with Crippen LogP contribution in [0.3, 0.4) is 0 Å². The lowest BCUT2D eigenvalue weighted by Crippen LogP contribution is -2.52. The number of aliphatic hydroxyl groups excluding tert-OH is 1. The van der Waals surface area contributed by atoms with Gasteiger partial charge in [0.2, 0.25) is 0 Å². The van der Waals surface area contributed by atoms with E-state index in [1.54, 1.807) is 0 Å². The highest BCUT2D eigenvalue weighted by molar-refractivity contribution is 6.03. The second-order valence-corrected chi connectivity index (χ2v) is 8.26. The minimum atomic E-state index is -1.39. The zero-order valence-corrected chi connectivity index (χ0v) is 16.9. The molecule has 146 valence electrons. The summed E-state index contributed by atoms with van der Waals surface area (Å²) in [5, 5.41) is 10.1. The molecule has 1 saturated carbocycles. The van der Waals surface area contributed by atoms with E-state index in [9.17, 15) is 14.7 Å². The first kappa shape index (κ1) is 22.1. The van der Waals surface area contributed by atoms with Crippen LogP contribution >= 0.6 is 0 Å². The van der Waals surface area contributed by atoms with Crippen molar-refractivity contribution in [3.63, 3.8) is 0 Å². The molecule has 1 aliphatic carbocycles. The summed E-state index contributed by atoms with van der Waals surface area (Å²) in [5.41, 5.74) is -2.02. The van der Waals surface area contributed by atoms with Gasteiger partial charge in [0.1, 0.15) is 11.4 Å². The van der Waals surface area contributed by atoms with Crippen LogP contribution in [-0.4, -0.2) is 29.1 Å². The van der Waals surface area contributed by atoms with Gasteiger partial charge in [0, 0.05) is 0 Å². The van der Waals surface area contributed by atoms with E-state index in [0.29, 0.717) is 0 Å². The maximum absolute atomic E-state index is 13.1. The predicted molar refractivity (Wildman–Crippen MR) is 100 cm³/mol. The van der Waals surface area contributed by atoms with E-state index in [1.807, 2.05) is 13.8 Å². The number of esters is 1. The van der Waals surface area contributed by atoms with Gasteiger partial charge in [-0.2, -0.15) is 0 Å².